The lowest BCUT2D eigenvalue weighted by molar-refractivity contribution is 0.251. The van der Waals surface area contributed by atoms with E-state index in [9.17, 15) is 4.79 Å². The lowest BCUT2D eigenvalue weighted by atomic mass is 10.1. The summed E-state index contributed by atoms with van der Waals surface area (Å²) in [5.41, 5.74) is 3.56. The van der Waals surface area contributed by atoms with Gasteiger partial charge in [0.1, 0.15) is 0 Å². The van der Waals surface area contributed by atoms with Gasteiger partial charge in [-0.05, 0) is 35.4 Å². The summed E-state index contributed by atoms with van der Waals surface area (Å²) in [6.45, 7) is 0.409. The molecule has 0 fully saturated rings. The number of carbonyl (C=O) groups excluding carboxylic acids is 1. The Morgan fingerprint density at radius 1 is 1.04 bits per heavy atom. The third kappa shape index (κ3) is 3.84. The second kappa shape index (κ2) is 7.52. The highest BCUT2D eigenvalue weighted by molar-refractivity contribution is 5.90. The molecule has 2 amide bonds. The van der Waals surface area contributed by atoms with E-state index in [4.69, 9.17) is 0 Å². The normalized spacial score (nSPS) is 10.5. The van der Waals surface area contributed by atoms with Crippen molar-refractivity contribution in [1.82, 2.24) is 30.3 Å². The van der Waals surface area contributed by atoms with E-state index in [1.54, 1.807) is 47.7 Å². The van der Waals surface area contributed by atoms with E-state index in [0.717, 1.165) is 16.8 Å². The molecule has 1 aromatic carbocycles. The van der Waals surface area contributed by atoms with Crippen molar-refractivity contribution in [3.8, 4) is 17.1 Å². The molecule has 0 saturated heterocycles. The molecule has 3 N–H and O–H groups in total. The maximum absolute atomic E-state index is 12.3. The predicted octanol–water partition coefficient (Wildman–Crippen LogP) is 2.98. The van der Waals surface area contributed by atoms with Gasteiger partial charge in [-0.1, -0.05) is 24.3 Å². The number of aromatic nitrogens is 5. The van der Waals surface area contributed by atoms with Gasteiger partial charge in [-0.2, -0.15) is 10.2 Å². The zero-order chi connectivity index (χ0) is 18.5. The van der Waals surface area contributed by atoms with Crippen molar-refractivity contribution < 1.29 is 4.79 Å². The molecule has 0 unspecified atom stereocenters. The molecule has 8 heteroatoms. The summed E-state index contributed by atoms with van der Waals surface area (Å²) in [7, 11) is 0. The lowest BCUT2D eigenvalue weighted by Gasteiger charge is -2.11. The maximum Gasteiger partial charge on any atom is 0.319 e. The van der Waals surface area contributed by atoms with Crippen LogP contribution >= 0.6 is 0 Å². The van der Waals surface area contributed by atoms with Crippen LogP contribution in [0, 0.1) is 0 Å². The van der Waals surface area contributed by atoms with E-state index in [2.05, 4.69) is 30.9 Å². The average molecular weight is 359 g/mol. The first-order valence-electron chi connectivity index (χ1n) is 8.38. The van der Waals surface area contributed by atoms with Crippen LogP contribution in [-0.2, 0) is 6.54 Å². The molecule has 3 aromatic heterocycles. The fourth-order valence-corrected chi connectivity index (χ4v) is 2.64. The first-order valence-corrected chi connectivity index (χ1v) is 8.38. The van der Waals surface area contributed by atoms with Gasteiger partial charge in [-0.3, -0.25) is 5.10 Å². The predicted molar refractivity (Wildman–Crippen MR) is 101 cm³/mol. The first-order chi connectivity index (χ1) is 13.3. The van der Waals surface area contributed by atoms with E-state index < -0.39 is 0 Å². The number of amides is 2. The lowest BCUT2D eigenvalue weighted by Crippen LogP contribution is -2.28. The molecule has 0 bridgehead atoms. The average Bonchev–Trinajstić information content (AvgIpc) is 3.41. The second-order valence-corrected chi connectivity index (χ2v) is 5.80. The topological polar surface area (TPSA) is 101 Å². The van der Waals surface area contributed by atoms with Crippen molar-refractivity contribution in [2.24, 2.45) is 0 Å². The third-order valence-electron chi connectivity index (χ3n) is 3.98. The number of anilines is 1. The smallest absolute Gasteiger partial charge is 0.319 e. The highest BCUT2D eigenvalue weighted by Crippen LogP contribution is 2.17. The molecule has 134 valence electrons. The standard InChI is InChI=1S/C19H17N7O/c27-19(24-17-3-1-9-20-18(17)26-12-2-10-23-26)21-13-14-4-6-15(7-5-14)16-8-11-22-25-16/h1-12H,13H2,(H,22,25)(H2,21,24,27). The van der Waals surface area contributed by atoms with Crippen LogP contribution < -0.4 is 10.6 Å². The Bertz CT molecular complexity index is 1010. The van der Waals surface area contributed by atoms with Crippen LogP contribution in [0.5, 0.6) is 0 Å². The molecular formula is C19H17N7O. The van der Waals surface area contributed by atoms with Crippen LogP contribution in [0.2, 0.25) is 0 Å². The minimum Gasteiger partial charge on any atom is -0.334 e. The molecule has 27 heavy (non-hydrogen) atoms. The van der Waals surface area contributed by atoms with Gasteiger partial charge in [0, 0.05) is 31.3 Å². The summed E-state index contributed by atoms with van der Waals surface area (Å²) in [6.07, 6.45) is 6.80. The summed E-state index contributed by atoms with van der Waals surface area (Å²) in [5, 5.41) is 16.7. The fraction of sp³-hybridized carbons (Fsp3) is 0.0526. The van der Waals surface area contributed by atoms with Crippen molar-refractivity contribution in [2.75, 3.05) is 5.32 Å². The summed E-state index contributed by atoms with van der Waals surface area (Å²) in [5.74, 6) is 0.557. The van der Waals surface area contributed by atoms with Crippen LogP contribution in [0.25, 0.3) is 17.1 Å². The molecule has 0 saturated carbocycles. The first kappa shape index (κ1) is 16.5. The van der Waals surface area contributed by atoms with Gasteiger partial charge in [-0.15, -0.1) is 0 Å². The minimum absolute atomic E-state index is 0.311. The van der Waals surface area contributed by atoms with E-state index in [1.807, 2.05) is 30.3 Å². The Labute approximate surface area is 155 Å². The van der Waals surface area contributed by atoms with E-state index in [1.165, 1.54) is 0 Å². The maximum atomic E-state index is 12.3. The molecule has 4 rings (SSSR count). The molecule has 0 atom stereocenters. The quantitative estimate of drug-likeness (QED) is 0.510. The fourth-order valence-electron chi connectivity index (χ4n) is 2.64. The number of pyridine rings is 1. The van der Waals surface area contributed by atoms with Crippen LogP contribution in [0.3, 0.4) is 0 Å². The van der Waals surface area contributed by atoms with Crippen molar-refractivity contribution in [3.63, 3.8) is 0 Å². The minimum atomic E-state index is -0.311. The van der Waals surface area contributed by atoms with Gasteiger partial charge in [0.05, 0.1) is 11.4 Å². The molecule has 0 aliphatic heterocycles. The van der Waals surface area contributed by atoms with Gasteiger partial charge in [0.2, 0.25) is 0 Å². The zero-order valence-electron chi connectivity index (χ0n) is 14.3. The Balaban J connectivity index is 1.38. The Hall–Kier alpha value is -3.94. The van der Waals surface area contributed by atoms with Gasteiger partial charge >= 0.3 is 6.03 Å². The Morgan fingerprint density at radius 2 is 1.93 bits per heavy atom. The largest absolute Gasteiger partial charge is 0.334 e. The highest BCUT2D eigenvalue weighted by atomic mass is 16.2. The number of hydrogen-bond acceptors (Lipinski definition) is 4. The van der Waals surface area contributed by atoms with Gasteiger partial charge in [0.25, 0.3) is 0 Å². The zero-order valence-corrected chi connectivity index (χ0v) is 14.3. The number of urea groups is 1. The van der Waals surface area contributed by atoms with E-state index in [-0.39, 0.29) is 6.03 Å². The number of benzene rings is 1. The molecular weight excluding hydrogens is 342 g/mol. The summed E-state index contributed by atoms with van der Waals surface area (Å²) in [6, 6.07) is 14.8. The van der Waals surface area contributed by atoms with Crippen molar-refractivity contribution >= 4 is 11.7 Å². The Morgan fingerprint density at radius 3 is 2.67 bits per heavy atom. The monoisotopic (exact) mass is 359 g/mol. The second-order valence-electron chi connectivity index (χ2n) is 5.80. The van der Waals surface area contributed by atoms with Crippen molar-refractivity contribution in [1.29, 1.82) is 0 Å². The van der Waals surface area contributed by atoms with Crippen LogP contribution in [-0.4, -0.2) is 31.0 Å². The molecule has 3 heterocycles. The van der Waals surface area contributed by atoms with E-state index >= 15 is 0 Å². The highest BCUT2D eigenvalue weighted by Gasteiger charge is 2.09. The molecule has 0 radical (unpaired) electrons. The van der Waals surface area contributed by atoms with Crippen molar-refractivity contribution in [2.45, 2.75) is 6.54 Å². The number of rotatable bonds is 5. The summed E-state index contributed by atoms with van der Waals surface area (Å²) in [4.78, 5) is 16.5. The van der Waals surface area contributed by atoms with Crippen LogP contribution in [0.1, 0.15) is 5.56 Å². The van der Waals surface area contributed by atoms with Gasteiger partial charge in [0.15, 0.2) is 5.82 Å². The molecule has 4 aromatic rings. The SMILES string of the molecule is O=C(NCc1ccc(-c2ccn[nH]2)cc1)Nc1cccnc1-n1cccn1. The number of nitrogens with zero attached hydrogens (tertiary/aromatic N) is 4. The van der Waals surface area contributed by atoms with E-state index in [0.29, 0.717) is 18.1 Å². The number of hydrogen-bond donors (Lipinski definition) is 3. The van der Waals surface area contributed by atoms with Crippen LogP contribution in [0.15, 0.2) is 73.3 Å². The number of H-pyrrole nitrogens is 1. The van der Waals surface area contributed by atoms with Crippen LogP contribution in [0.4, 0.5) is 10.5 Å². The molecule has 8 nitrogen and oxygen atoms in total. The summed E-state index contributed by atoms with van der Waals surface area (Å²) < 4.78 is 1.60. The Kier molecular flexibility index (Phi) is 4.60. The number of carbonyl (C=O) groups is 1. The number of aromatic amines is 1. The van der Waals surface area contributed by atoms with Crippen molar-refractivity contribution in [3.05, 3.63) is 78.9 Å². The third-order valence-corrected chi connectivity index (χ3v) is 3.98. The molecule has 0 aliphatic rings. The van der Waals surface area contributed by atoms with Gasteiger partial charge < -0.3 is 10.6 Å². The molecule has 0 spiro atoms. The summed E-state index contributed by atoms with van der Waals surface area (Å²) >= 11 is 0. The molecule has 0 aliphatic carbocycles. The number of nitrogens with one attached hydrogen (secondary N) is 3. The van der Waals surface area contributed by atoms with Gasteiger partial charge in [-0.25, -0.2) is 14.5 Å².